The molecule has 1 atom stereocenters. The van der Waals surface area contributed by atoms with Gasteiger partial charge in [-0.15, -0.1) is 12.4 Å². The SMILES string of the molecule is CC(C)C(NC(=O)Cc1ccc(N)cc1)c1ccc(Cl)cc1.Cl. The van der Waals surface area contributed by atoms with E-state index >= 15 is 0 Å². The van der Waals surface area contributed by atoms with Crippen LogP contribution in [0, 0.1) is 5.92 Å². The van der Waals surface area contributed by atoms with Crippen molar-refractivity contribution in [2.24, 2.45) is 5.92 Å². The van der Waals surface area contributed by atoms with Gasteiger partial charge in [0.1, 0.15) is 0 Å². The number of rotatable bonds is 5. The molecule has 0 aliphatic rings. The Morgan fingerprint density at radius 2 is 1.65 bits per heavy atom. The Labute approximate surface area is 148 Å². The average Bonchev–Trinajstić information content (AvgIpc) is 2.48. The normalized spacial score (nSPS) is 11.7. The fourth-order valence-electron chi connectivity index (χ4n) is 2.35. The maximum atomic E-state index is 12.3. The lowest BCUT2D eigenvalue weighted by molar-refractivity contribution is -0.121. The Morgan fingerprint density at radius 3 is 2.17 bits per heavy atom. The number of nitrogens with two attached hydrogens (primary N) is 1. The largest absolute Gasteiger partial charge is 0.399 e. The highest BCUT2D eigenvalue weighted by Crippen LogP contribution is 2.23. The first kappa shape index (κ1) is 19.3. The lowest BCUT2D eigenvalue weighted by atomic mass is 9.95. The van der Waals surface area contributed by atoms with E-state index in [2.05, 4.69) is 19.2 Å². The van der Waals surface area contributed by atoms with Crippen molar-refractivity contribution in [2.45, 2.75) is 26.3 Å². The van der Waals surface area contributed by atoms with E-state index in [1.807, 2.05) is 48.5 Å². The van der Waals surface area contributed by atoms with Crippen molar-refractivity contribution >= 4 is 35.6 Å². The predicted molar refractivity (Wildman–Crippen MR) is 99.0 cm³/mol. The van der Waals surface area contributed by atoms with Crippen molar-refractivity contribution in [3.63, 3.8) is 0 Å². The molecule has 0 radical (unpaired) electrons. The first-order valence-electron chi connectivity index (χ1n) is 7.35. The van der Waals surface area contributed by atoms with Gasteiger partial charge in [0.2, 0.25) is 5.91 Å². The second-order valence-electron chi connectivity index (χ2n) is 5.76. The minimum absolute atomic E-state index is 0. The zero-order valence-electron chi connectivity index (χ0n) is 13.3. The van der Waals surface area contributed by atoms with Crippen LogP contribution in [0.25, 0.3) is 0 Å². The van der Waals surface area contributed by atoms with Crippen LogP contribution in [0.1, 0.15) is 31.0 Å². The van der Waals surface area contributed by atoms with Gasteiger partial charge in [0.05, 0.1) is 12.5 Å². The van der Waals surface area contributed by atoms with Gasteiger partial charge in [-0.25, -0.2) is 0 Å². The van der Waals surface area contributed by atoms with Crippen LogP contribution in [-0.4, -0.2) is 5.91 Å². The van der Waals surface area contributed by atoms with Crippen molar-refractivity contribution in [1.29, 1.82) is 0 Å². The smallest absolute Gasteiger partial charge is 0.224 e. The molecule has 23 heavy (non-hydrogen) atoms. The van der Waals surface area contributed by atoms with Crippen LogP contribution < -0.4 is 11.1 Å². The quantitative estimate of drug-likeness (QED) is 0.783. The van der Waals surface area contributed by atoms with E-state index in [1.54, 1.807) is 0 Å². The Bertz CT molecular complexity index is 624. The highest BCUT2D eigenvalue weighted by Gasteiger charge is 2.18. The predicted octanol–water partition coefficient (Wildman–Crippen LogP) is 4.40. The molecule has 0 aliphatic heterocycles. The standard InChI is InChI=1S/C18H21ClN2O.ClH/c1-12(2)18(14-5-7-15(19)8-6-14)21-17(22)11-13-3-9-16(20)10-4-13;/h3-10,12,18H,11,20H2,1-2H3,(H,21,22);1H. The number of benzene rings is 2. The maximum absolute atomic E-state index is 12.3. The zero-order chi connectivity index (χ0) is 16.1. The summed E-state index contributed by atoms with van der Waals surface area (Å²) < 4.78 is 0. The van der Waals surface area contributed by atoms with E-state index in [-0.39, 0.29) is 30.3 Å². The molecular weight excluding hydrogens is 331 g/mol. The minimum atomic E-state index is -0.0291. The van der Waals surface area contributed by atoms with E-state index in [4.69, 9.17) is 17.3 Å². The van der Waals surface area contributed by atoms with Crippen LogP contribution in [0.2, 0.25) is 5.02 Å². The van der Waals surface area contributed by atoms with Gasteiger partial charge in [0, 0.05) is 10.7 Å². The minimum Gasteiger partial charge on any atom is -0.399 e. The third-order valence-electron chi connectivity index (χ3n) is 3.56. The van der Waals surface area contributed by atoms with Gasteiger partial charge in [-0.05, 0) is 41.3 Å². The summed E-state index contributed by atoms with van der Waals surface area (Å²) in [6, 6.07) is 14.9. The molecule has 0 bridgehead atoms. The van der Waals surface area contributed by atoms with Gasteiger partial charge in [-0.2, -0.15) is 0 Å². The third-order valence-corrected chi connectivity index (χ3v) is 3.81. The van der Waals surface area contributed by atoms with Crippen LogP contribution in [-0.2, 0) is 11.2 Å². The lowest BCUT2D eigenvalue weighted by Gasteiger charge is -2.23. The molecular formula is C18H22Cl2N2O. The van der Waals surface area contributed by atoms with Gasteiger partial charge >= 0.3 is 0 Å². The number of halogens is 2. The average molecular weight is 353 g/mol. The summed E-state index contributed by atoms with van der Waals surface area (Å²) in [6.07, 6.45) is 0.344. The van der Waals surface area contributed by atoms with Crippen molar-refractivity contribution in [3.05, 3.63) is 64.7 Å². The van der Waals surface area contributed by atoms with Crippen molar-refractivity contribution in [3.8, 4) is 0 Å². The van der Waals surface area contributed by atoms with E-state index in [9.17, 15) is 4.79 Å². The Hall–Kier alpha value is -1.71. The molecule has 0 saturated carbocycles. The van der Waals surface area contributed by atoms with Crippen LogP contribution >= 0.6 is 24.0 Å². The first-order valence-corrected chi connectivity index (χ1v) is 7.72. The molecule has 124 valence electrons. The van der Waals surface area contributed by atoms with Crippen molar-refractivity contribution in [2.75, 3.05) is 5.73 Å². The van der Waals surface area contributed by atoms with Crippen LogP contribution in [0.4, 0.5) is 5.69 Å². The number of carbonyl (C=O) groups excluding carboxylic acids is 1. The Balaban J connectivity index is 0.00000264. The van der Waals surface area contributed by atoms with E-state index in [1.165, 1.54) is 0 Å². The van der Waals surface area contributed by atoms with E-state index < -0.39 is 0 Å². The van der Waals surface area contributed by atoms with Crippen LogP contribution in [0.15, 0.2) is 48.5 Å². The van der Waals surface area contributed by atoms with Gasteiger partial charge in [-0.1, -0.05) is 49.7 Å². The fraction of sp³-hybridized carbons (Fsp3) is 0.278. The molecule has 2 aromatic carbocycles. The fourth-order valence-corrected chi connectivity index (χ4v) is 2.48. The number of nitrogen functional groups attached to an aromatic ring is 1. The lowest BCUT2D eigenvalue weighted by Crippen LogP contribution is -2.32. The van der Waals surface area contributed by atoms with E-state index in [0.717, 1.165) is 11.1 Å². The molecule has 3 N–H and O–H groups in total. The number of amides is 1. The number of hydrogen-bond donors (Lipinski definition) is 2. The zero-order valence-corrected chi connectivity index (χ0v) is 14.8. The summed E-state index contributed by atoms with van der Waals surface area (Å²) in [7, 11) is 0. The molecule has 0 aliphatic carbocycles. The third kappa shape index (κ3) is 5.77. The highest BCUT2D eigenvalue weighted by atomic mass is 35.5. The summed E-state index contributed by atoms with van der Waals surface area (Å²) in [5.74, 6) is 0.287. The first-order chi connectivity index (χ1) is 10.5. The van der Waals surface area contributed by atoms with Gasteiger partial charge in [0.25, 0.3) is 0 Å². The summed E-state index contributed by atoms with van der Waals surface area (Å²) in [5, 5.41) is 3.80. The molecule has 1 unspecified atom stereocenters. The monoisotopic (exact) mass is 352 g/mol. The number of carbonyl (C=O) groups is 1. The number of hydrogen-bond acceptors (Lipinski definition) is 2. The van der Waals surface area contributed by atoms with Crippen LogP contribution in [0.3, 0.4) is 0 Å². The molecule has 0 aromatic heterocycles. The highest BCUT2D eigenvalue weighted by molar-refractivity contribution is 6.30. The van der Waals surface area contributed by atoms with Gasteiger partial charge < -0.3 is 11.1 Å². The second kappa shape index (κ2) is 8.80. The molecule has 3 nitrogen and oxygen atoms in total. The van der Waals surface area contributed by atoms with Crippen LogP contribution in [0.5, 0.6) is 0 Å². The second-order valence-corrected chi connectivity index (χ2v) is 6.20. The maximum Gasteiger partial charge on any atom is 0.224 e. The molecule has 5 heteroatoms. The Kier molecular flexibility index (Phi) is 7.40. The van der Waals surface area contributed by atoms with Crippen molar-refractivity contribution in [1.82, 2.24) is 5.32 Å². The summed E-state index contributed by atoms with van der Waals surface area (Å²) in [4.78, 5) is 12.3. The summed E-state index contributed by atoms with van der Waals surface area (Å²) >= 11 is 5.92. The topological polar surface area (TPSA) is 55.1 Å². The molecule has 2 aromatic rings. The Morgan fingerprint density at radius 1 is 1.09 bits per heavy atom. The summed E-state index contributed by atoms with van der Waals surface area (Å²) in [5.41, 5.74) is 8.36. The van der Waals surface area contributed by atoms with Gasteiger partial charge in [0.15, 0.2) is 0 Å². The molecule has 0 spiro atoms. The number of anilines is 1. The van der Waals surface area contributed by atoms with E-state index in [0.29, 0.717) is 17.1 Å². The molecule has 2 rings (SSSR count). The molecule has 0 fully saturated rings. The van der Waals surface area contributed by atoms with Crippen molar-refractivity contribution < 1.29 is 4.79 Å². The molecule has 0 heterocycles. The molecule has 0 saturated heterocycles. The van der Waals surface area contributed by atoms with Gasteiger partial charge in [-0.3, -0.25) is 4.79 Å². The summed E-state index contributed by atoms with van der Waals surface area (Å²) in [6.45, 7) is 4.17. The molecule has 1 amide bonds. The number of nitrogens with one attached hydrogen (secondary N) is 1.